The van der Waals surface area contributed by atoms with Gasteiger partial charge >= 0.3 is 0 Å². The van der Waals surface area contributed by atoms with Crippen LogP contribution in [0, 0.1) is 0 Å². The van der Waals surface area contributed by atoms with Gasteiger partial charge in [-0.1, -0.05) is 158 Å². The van der Waals surface area contributed by atoms with Gasteiger partial charge in [0.25, 0.3) is 0 Å². The zero-order chi connectivity index (χ0) is 40.5. The van der Waals surface area contributed by atoms with E-state index in [9.17, 15) is 0 Å². The normalized spacial score (nSPS) is 14.8. The zero-order valence-corrected chi connectivity index (χ0v) is 34.4. The Balaban J connectivity index is 1.10. The molecule has 14 rings (SSSR count). The monoisotopic (exact) mass is 804 g/mol. The fourth-order valence-electron chi connectivity index (χ4n) is 11.4. The summed E-state index contributed by atoms with van der Waals surface area (Å²) in [6.07, 6.45) is 0. The lowest BCUT2D eigenvalue weighted by molar-refractivity contribution is 0.773. The number of hydrogen-bond acceptors (Lipinski definition) is 2. The van der Waals surface area contributed by atoms with Crippen LogP contribution in [-0.4, -0.2) is 4.57 Å². The highest BCUT2D eigenvalue weighted by molar-refractivity contribution is 7.26. The van der Waals surface area contributed by atoms with Crippen molar-refractivity contribution in [2.75, 3.05) is 4.90 Å². The van der Waals surface area contributed by atoms with Crippen molar-refractivity contribution >= 4 is 81.1 Å². The minimum absolute atomic E-state index is 0.525. The first-order valence-corrected chi connectivity index (χ1v) is 22.2. The molecule has 0 bridgehead atoms. The molecule has 1 unspecified atom stereocenters. The van der Waals surface area contributed by atoms with Gasteiger partial charge in [0, 0.05) is 48.0 Å². The number of aromatic nitrogens is 1. The predicted octanol–water partition coefficient (Wildman–Crippen LogP) is 16.1. The van der Waals surface area contributed by atoms with E-state index in [-0.39, 0.29) is 0 Å². The molecule has 0 saturated carbocycles. The van der Waals surface area contributed by atoms with Crippen molar-refractivity contribution in [3.63, 3.8) is 0 Å². The van der Waals surface area contributed by atoms with Crippen molar-refractivity contribution < 1.29 is 0 Å². The largest absolute Gasteiger partial charge is 0.310 e. The zero-order valence-electron chi connectivity index (χ0n) is 33.6. The highest BCUT2D eigenvalue weighted by atomic mass is 32.1. The topological polar surface area (TPSA) is 8.17 Å². The summed E-state index contributed by atoms with van der Waals surface area (Å²) in [6.45, 7) is 0. The maximum absolute atomic E-state index is 2.54. The van der Waals surface area contributed by atoms with E-state index in [2.05, 4.69) is 228 Å². The Morgan fingerprint density at radius 1 is 0.371 bits per heavy atom. The molecule has 2 aliphatic rings. The summed E-state index contributed by atoms with van der Waals surface area (Å²) in [5, 5.41) is 7.65. The Bertz CT molecular complexity index is 3830. The number of para-hydroxylation sites is 2. The van der Waals surface area contributed by atoms with Crippen LogP contribution in [0.15, 0.2) is 218 Å². The third-order valence-electron chi connectivity index (χ3n) is 13.8. The molecule has 0 amide bonds. The number of anilines is 3. The summed E-state index contributed by atoms with van der Waals surface area (Å²) in [5.74, 6) is 0. The first kappa shape index (κ1) is 34.0. The van der Waals surface area contributed by atoms with Gasteiger partial charge in [0.05, 0.1) is 22.1 Å². The van der Waals surface area contributed by atoms with Crippen LogP contribution < -0.4 is 4.90 Å². The summed E-state index contributed by atoms with van der Waals surface area (Å²) in [4.78, 5) is 2.54. The van der Waals surface area contributed by atoms with Crippen molar-refractivity contribution in [3.8, 4) is 27.9 Å². The molecular weight excluding hydrogens is 769 g/mol. The first-order chi connectivity index (χ1) is 30.8. The van der Waals surface area contributed by atoms with Crippen LogP contribution in [-0.2, 0) is 5.41 Å². The van der Waals surface area contributed by atoms with Gasteiger partial charge in [0.15, 0.2) is 0 Å². The highest BCUT2D eigenvalue weighted by Crippen LogP contribution is 2.62. The van der Waals surface area contributed by atoms with Crippen LogP contribution in [0.5, 0.6) is 0 Å². The van der Waals surface area contributed by atoms with Crippen molar-refractivity contribution in [2.24, 2.45) is 0 Å². The molecule has 0 radical (unpaired) electrons. The average molecular weight is 805 g/mol. The molecule has 0 saturated heterocycles. The minimum atomic E-state index is -0.525. The van der Waals surface area contributed by atoms with Crippen molar-refractivity contribution in [3.05, 3.63) is 241 Å². The summed E-state index contributed by atoms with van der Waals surface area (Å²) in [7, 11) is 0. The van der Waals surface area contributed by atoms with Crippen molar-refractivity contribution in [2.45, 2.75) is 5.41 Å². The van der Waals surface area contributed by atoms with Crippen LogP contribution in [0.25, 0.3) is 80.7 Å². The summed E-state index contributed by atoms with van der Waals surface area (Å²) in [5.41, 5.74) is 16.9. The lowest BCUT2D eigenvalue weighted by Gasteiger charge is -2.40. The Hall–Kier alpha value is -7.72. The standard InChI is InChI=1S/C59H36N2S/c1-2-17-38(18-3-1)61-52-27-10-6-21-44(52)45-34-32-40(36-54(45)61)60(53-28-14-30-56-58(53)47-22-7-11-29-55(47)62-56)39-31-33-43-41-19-4-8-24-48(41)59(51(43)35-39)49-25-9-5-20-42(49)46-23-12-15-37-16-13-26-50(59)57(37)46/h1-36H. The van der Waals surface area contributed by atoms with Gasteiger partial charge in [-0.2, -0.15) is 0 Å². The molecule has 12 aromatic rings. The Kier molecular flexibility index (Phi) is 6.95. The summed E-state index contributed by atoms with van der Waals surface area (Å²) >= 11 is 1.87. The van der Waals surface area contributed by atoms with E-state index in [1.54, 1.807) is 0 Å². The summed E-state index contributed by atoms with van der Waals surface area (Å²) < 4.78 is 5.00. The Morgan fingerprint density at radius 2 is 0.968 bits per heavy atom. The van der Waals surface area contributed by atoms with Crippen LogP contribution in [0.2, 0.25) is 0 Å². The second-order valence-corrected chi connectivity index (χ2v) is 17.8. The molecule has 2 nitrogen and oxygen atoms in total. The molecule has 2 aliphatic carbocycles. The van der Waals surface area contributed by atoms with E-state index in [1.165, 1.54) is 103 Å². The van der Waals surface area contributed by atoms with Gasteiger partial charge < -0.3 is 9.47 Å². The number of fused-ring (bicyclic) bond motifs is 15. The summed E-state index contributed by atoms with van der Waals surface area (Å²) in [6, 6.07) is 81.7. The number of thiophene rings is 1. The maximum atomic E-state index is 2.54. The van der Waals surface area contributed by atoms with Gasteiger partial charge in [-0.15, -0.1) is 11.3 Å². The van der Waals surface area contributed by atoms with Crippen LogP contribution >= 0.6 is 11.3 Å². The third kappa shape index (κ3) is 4.42. The van der Waals surface area contributed by atoms with E-state index < -0.39 is 5.41 Å². The van der Waals surface area contributed by atoms with Crippen LogP contribution in [0.4, 0.5) is 17.1 Å². The molecule has 0 fully saturated rings. The van der Waals surface area contributed by atoms with Gasteiger partial charge in [0.2, 0.25) is 0 Å². The van der Waals surface area contributed by atoms with Crippen molar-refractivity contribution in [1.82, 2.24) is 4.57 Å². The van der Waals surface area contributed by atoms with Crippen LogP contribution in [0.1, 0.15) is 22.3 Å². The lowest BCUT2D eigenvalue weighted by atomic mass is 9.61. The molecule has 0 aliphatic heterocycles. The van der Waals surface area contributed by atoms with E-state index in [0.29, 0.717) is 0 Å². The number of hydrogen-bond donors (Lipinski definition) is 0. The molecule has 1 atom stereocenters. The minimum Gasteiger partial charge on any atom is -0.310 e. The highest BCUT2D eigenvalue weighted by Gasteiger charge is 2.50. The molecule has 288 valence electrons. The van der Waals surface area contributed by atoms with Gasteiger partial charge in [0.1, 0.15) is 0 Å². The van der Waals surface area contributed by atoms with Gasteiger partial charge in [-0.3, -0.25) is 0 Å². The molecule has 2 heterocycles. The molecule has 62 heavy (non-hydrogen) atoms. The molecule has 10 aromatic carbocycles. The van der Waals surface area contributed by atoms with Crippen LogP contribution in [0.3, 0.4) is 0 Å². The molecule has 2 aromatic heterocycles. The molecule has 0 N–H and O–H groups in total. The SMILES string of the molecule is c1ccc(-n2c3ccccc3c3ccc(N(c4ccc5c(c4)C4(c6ccccc6-5)c5ccccc5-c5cccc6cccc4c56)c4cccc5sc6ccccc6c45)cc32)cc1. The van der Waals surface area contributed by atoms with E-state index >= 15 is 0 Å². The molecule has 1 spiro atoms. The Labute approximate surface area is 362 Å². The van der Waals surface area contributed by atoms with Crippen molar-refractivity contribution in [1.29, 1.82) is 0 Å². The smallest absolute Gasteiger partial charge is 0.0726 e. The van der Waals surface area contributed by atoms with Gasteiger partial charge in [-0.05, 0) is 116 Å². The number of rotatable bonds is 4. The fourth-order valence-corrected chi connectivity index (χ4v) is 12.5. The fraction of sp³-hybridized carbons (Fsp3) is 0.0169. The molecule has 3 heteroatoms. The predicted molar refractivity (Wildman–Crippen MR) is 262 cm³/mol. The lowest BCUT2D eigenvalue weighted by Crippen LogP contribution is -2.32. The second-order valence-electron chi connectivity index (χ2n) is 16.8. The third-order valence-corrected chi connectivity index (χ3v) is 14.9. The van der Waals surface area contributed by atoms with Gasteiger partial charge in [-0.25, -0.2) is 0 Å². The maximum Gasteiger partial charge on any atom is 0.0726 e. The first-order valence-electron chi connectivity index (χ1n) is 21.4. The number of benzene rings is 10. The average Bonchev–Trinajstić information content (AvgIpc) is 3.98. The van der Waals surface area contributed by atoms with E-state index in [4.69, 9.17) is 0 Å². The number of nitrogens with zero attached hydrogens (tertiary/aromatic N) is 2. The van der Waals surface area contributed by atoms with E-state index in [1.807, 2.05) is 11.3 Å². The second kappa shape index (κ2) is 12.7. The quantitative estimate of drug-likeness (QED) is 0.172. The van der Waals surface area contributed by atoms with E-state index in [0.717, 1.165) is 17.1 Å². The Morgan fingerprint density at radius 3 is 1.82 bits per heavy atom. The molecular formula is C59H36N2S.